The Hall–Kier alpha value is -3.89. The monoisotopic (exact) mass is 492 g/mol. The number of imide groups is 1. The van der Waals surface area contributed by atoms with Gasteiger partial charge in [0.15, 0.2) is 5.69 Å². The van der Waals surface area contributed by atoms with Gasteiger partial charge in [0.05, 0.1) is 18.2 Å². The molecule has 3 aromatic rings. The Kier molecular flexibility index (Phi) is 5.62. The van der Waals surface area contributed by atoms with E-state index in [-0.39, 0.29) is 23.8 Å². The molecule has 6 rings (SSSR count). The third kappa shape index (κ3) is 3.98. The molecule has 2 aromatic heterocycles. The lowest BCUT2D eigenvalue weighted by molar-refractivity contribution is -0.134. The van der Waals surface area contributed by atoms with Crippen molar-refractivity contribution in [1.82, 2.24) is 29.8 Å². The minimum absolute atomic E-state index is 0.0489. The Bertz CT molecular complexity index is 1330. The predicted octanol–water partition coefficient (Wildman–Crippen LogP) is 1.76. The molecule has 11 heteroatoms. The first-order chi connectivity index (χ1) is 17.5. The lowest BCUT2D eigenvalue weighted by Gasteiger charge is -2.32. The van der Waals surface area contributed by atoms with Crippen LogP contribution in [0, 0.1) is 0 Å². The van der Waals surface area contributed by atoms with Crippen LogP contribution in [0.25, 0.3) is 10.9 Å². The predicted molar refractivity (Wildman–Crippen MR) is 128 cm³/mol. The number of aryl methyl sites for hydroxylation is 2. The third-order valence-corrected chi connectivity index (χ3v) is 7.17. The quantitative estimate of drug-likeness (QED) is 0.551. The molecule has 1 unspecified atom stereocenters. The topological polar surface area (TPSA) is 121 Å². The van der Waals surface area contributed by atoms with E-state index in [2.05, 4.69) is 15.5 Å². The van der Waals surface area contributed by atoms with Gasteiger partial charge in [-0.15, -0.1) is 0 Å². The summed E-state index contributed by atoms with van der Waals surface area (Å²) >= 11 is 0. The molecule has 3 amide bonds. The van der Waals surface area contributed by atoms with Gasteiger partial charge in [0, 0.05) is 63.8 Å². The maximum absolute atomic E-state index is 13.0. The van der Waals surface area contributed by atoms with Gasteiger partial charge in [-0.3, -0.25) is 24.4 Å². The van der Waals surface area contributed by atoms with Crippen molar-refractivity contribution >= 4 is 28.6 Å². The number of amides is 3. The standard InChI is InChI=1S/C25H28N6O5/c1-29-23-16(22(28-29)17-6-7-20(32)26-24(17)33)4-2-5-19(23)36-15-8-11-30(12-9-15)25(34)18-14-21-31(27-18)10-3-13-35-21/h2,4-5,14-15,17H,3,6-13H2,1H3,(H,26,32,33). The first-order valence-corrected chi connectivity index (χ1v) is 12.4. The number of nitrogens with zero attached hydrogens (tertiary/aromatic N) is 5. The molecular weight excluding hydrogens is 464 g/mol. The number of carbonyl (C=O) groups is 3. The van der Waals surface area contributed by atoms with Crippen LogP contribution in [0.2, 0.25) is 0 Å². The summed E-state index contributed by atoms with van der Waals surface area (Å²) < 4.78 is 15.5. The molecule has 0 radical (unpaired) electrons. The Morgan fingerprint density at radius 1 is 1.14 bits per heavy atom. The first kappa shape index (κ1) is 22.6. The van der Waals surface area contributed by atoms with Gasteiger partial charge >= 0.3 is 0 Å². The number of likely N-dealkylation sites (tertiary alicyclic amines) is 1. The highest BCUT2D eigenvalue weighted by Gasteiger charge is 2.33. The Balaban J connectivity index is 1.15. The lowest BCUT2D eigenvalue weighted by atomic mass is 9.93. The molecule has 11 nitrogen and oxygen atoms in total. The second-order valence-corrected chi connectivity index (χ2v) is 9.57. The SMILES string of the molecule is Cn1nc(C2CCC(=O)NC2=O)c2cccc(OC3CCN(C(=O)c4cc5n(n4)CCCO5)CC3)c21. The van der Waals surface area contributed by atoms with Gasteiger partial charge in [0.2, 0.25) is 17.7 Å². The van der Waals surface area contributed by atoms with E-state index in [0.717, 1.165) is 23.9 Å². The number of carbonyl (C=O) groups excluding carboxylic acids is 3. The summed E-state index contributed by atoms with van der Waals surface area (Å²) in [5.74, 6) is 0.260. The van der Waals surface area contributed by atoms with Crippen LogP contribution in [0.1, 0.15) is 54.2 Å². The Morgan fingerprint density at radius 3 is 2.75 bits per heavy atom. The van der Waals surface area contributed by atoms with E-state index >= 15 is 0 Å². The number of fused-ring (bicyclic) bond motifs is 2. The van der Waals surface area contributed by atoms with Gasteiger partial charge < -0.3 is 14.4 Å². The minimum Gasteiger partial charge on any atom is -0.488 e. The maximum atomic E-state index is 13.0. The number of aromatic nitrogens is 4. The minimum atomic E-state index is -0.463. The van der Waals surface area contributed by atoms with Gasteiger partial charge in [-0.2, -0.15) is 10.2 Å². The molecule has 0 saturated carbocycles. The molecule has 188 valence electrons. The zero-order chi connectivity index (χ0) is 24.8. The highest BCUT2D eigenvalue weighted by atomic mass is 16.5. The summed E-state index contributed by atoms with van der Waals surface area (Å²) in [5, 5.41) is 12.3. The summed E-state index contributed by atoms with van der Waals surface area (Å²) in [6, 6.07) is 7.47. The molecule has 0 aliphatic carbocycles. The third-order valence-electron chi connectivity index (χ3n) is 7.17. The molecular formula is C25H28N6O5. The van der Waals surface area contributed by atoms with Gasteiger partial charge in [-0.25, -0.2) is 4.68 Å². The van der Waals surface area contributed by atoms with E-state index in [4.69, 9.17) is 9.47 Å². The van der Waals surface area contributed by atoms with Crippen LogP contribution in [0.4, 0.5) is 0 Å². The van der Waals surface area contributed by atoms with Crippen molar-refractivity contribution in [3.63, 3.8) is 0 Å². The second kappa shape index (κ2) is 8.96. The van der Waals surface area contributed by atoms with Crippen LogP contribution in [-0.2, 0) is 23.2 Å². The molecule has 2 saturated heterocycles. The van der Waals surface area contributed by atoms with Crippen molar-refractivity contribution in [2.75, 3.05) is 19.7 Å². The molecule has 0 bridgehead atoms. The van der Waals surface area contributed by atoms with Crippen molar-refractivity contribution in [2.24, 2.45) is 7.05 Å². The largest absolute Gasteiger partial charge is 0.488 e. The van der Waals surface area contributed by atoms with Crippen LogP contribution < -0.4 is 14.8 Å². The molecule has 3 aliphatic rings. The number of piperidine rings is 2. The molecule has 1 N–H and O–H groups in total. The molecule has 0 spiro atoms. The Morgan fingerprint density at radius 2 is 1.97 bits per heavy atom. The number of para-hydroxylation sites is 1. The normalized spacial score (nSPS) is 20.7. The zero-order valence-corrected chi connectivity index (χ0v) is 20.1. The number of hydrogen-bond acceptors (Lipinski definition) is 7. The molecule has 5 heterocycles. The summed E-state index contributed by atoms with van der Waals surface area (Å²) in [4.78, 5) is 38.8. The number of benzene rings is 1. The summed E-state index contributed by atoms with van der Waals surface area (Å²) in [6.45, 7) is 2.58. The van der Waals surface area contributed by atoms with Crippen LogP contribution >= 0.6 is 0 Å². The van der Waals surface area contributed by atoms with Crippen LogP contribution in [0.5, 0.6) is 11.6 Å². The van der Waals surface area contributed by atoms with E-state index < -0.39 is 5.92 Å². The first-order valence-electron chi connectivity index (χ1n) is 12.4. The van der Waals surface area contributed by atoms with Gasteiger partial charge in [-0.1, -0.05) is 12.1 Å². The molecule has 1 atom stereocenters. The second-order valence-electron chi connectivity index (χ2n) is 9.57. The summed E-state index contributed by atoms with van der Waals surface area (Å²) in [5.41, 5.74) is 1.90. The van der Waals surface area contributed by atoms with Crippen molar-refractivity contribution in [1.29, 1.82) is 0 Å². The molecule has 36 heavy (non-hydrogen) atoms. The molecule has 3 aliphatic heterocycles. The Labute approximate surface area is 207 Å². The van der Waals surface area contributed by atoms with Crippen LogP contribution in [0.3, 0.4) is 0 Å². The molecule has 2 fully saturated rings. The highest BCUT2D eigenvalue weighted by Crippen LogP contribution is 2.35. The van der Waals surface area contributed by atoms with E-state index in [1.165, 1.54) is 0 Å². The summed E-state index contributed by atoms with van der Waals surface area (Å²) in [6.07, 6.45) is 2.99. The average molecular weight is 493 g/mol. The van der Waals surface area contributed by atoms with Crippen LogP contribution in [0.15, 0.2) is 24.3 Å². The van der Waals surface area contributed by atoms with Crippen molar-refractivity contribution in [3.8, 4) is 11.6 Å². The van der Waals surface area contributed by atoms with E-state index in [0.29, 0.717) is 68.4 Å². The number of ether oxygens (including phenoxy) is 2. The van der Waals surface area contributed by atoms with E-state index in [1.807, 2.05) is 30.1 Å². The van der Waals surface area contributed by atoms with E-state index in [9.17, 15) is 14.4 Å². The van der Waals surface area contributed by atoms with Crippen molar-refractivity contribution in [2.45, 2.75) is 50.7 Å². The molecule has 1 aromatic carbocycles. The van der Waals surface area contributed by atoms with Crippen molar-refractivity contribution < 1.29 is 23.9 Å². The van der Waals surface area contributed by atoms with Crippen LogP contribution in [-0.4, -0.2) is 68.0 Å². The fraction of sp³-hybridized carbons (Fsp3) is 0.480. The van der Waals surface area contributed by atoms with Gasteiger partial charge in [0.1, 0.15) is 17.4 Å². The average Bonchev–Trinajstić information content (AvgIpc) is 3.46. The fourth-order valence-electron chi connectivity index (χ4n) is 5.33. The maximum Gasteiger partial charge on any atom is 0.274 e. The summed E-state index contributed by atoms with van der Waals surface area (Å²) in [7, 11) is 1.83. The lowest BCUT2D eigenvalue weighted by Crippen LogP contribution is -2.42. The number of rotatable bonds is 4. The highest BCUT2D eigenvalue weighted by molar-refractivity contribution is 6.03. The zero-order valence-electron chi connectivity index (χ0n) is 20.1. The van der Waals surface area contributed by atoms with Crippen molar-refractivity contribution in [3.05, 3.63) is 35.7 Å². The van der Waals surface area contributed by atoms with Gasteiger partial charge in [-0.05, 0) is 12.5 Å². The number of nitrogens with one attached hydrogen (secondary N) is 1. The van der Waals surface area contributed by atoms with E-state index in [1.54, 1.807) is 15.4 Å². The number of hydrogen-bond donors (Lipinski definition) is 1. The van der Waals surface area contributed by atoms with Gasteiger partial charge in [0.25, 0.3) is 5.91 Å². The fourth-order valence-corrected chi connectivity index (χ4v) is 5.33. The smallest absolute Gasteiger partial charge is 0.274 e.